The molecule has 1 aromatic carbocycles. The fourth-order valence-corrected chi connectivity index (χ4v) is 3.10. The molecular weight excluding hydrogens is 389 g/mol. The van der Waals surface area contributed by atoms with Gasteiger partial charge in [0, 0.05) is 0 Å². The molecular formula is C20H27F3N2O4. The molecule has 29 heavy (non-hydrogen) atoms. The van der Waals surface area contributed by atoms with Gasteiger partial charge < -0.3 is 20.1 Å². The molecule has 1 fully saturated rings. The van der Waals surface area contributed by atoms with Gasteiger partial charge in [0.2, 0.25) is 11.8 Å². The Morgan fingerprint density at radius 1 is 1.31 bits per heavy atom. The summed E-state index contributed by atoms with van der Waals surface area (Å²) in [6.07, 6.45) is -3.07. The molecule has 9 heteroatoms. The van der Waals surface area contributed by atoms with Crippen molar-refractivity contribution in [1.82, 2.24) is 10.6 Å². The van der Waals surface area contributed by atoms with Gasteiger partial charge in [-0.1, -0.05) is 19.4 Å². The van der Waals surface area contributed by atoms with Crippen molar-refractivity contribution >= 4 is 11.8 Å². The van der Waals surface area contributed by atoms with Crippen molar-refractivity contribution in [2.45, 2.75) is 57.8 Å². The van der Waals surface area contributed by atoms with Crippen LogP contribution in [-0.2, 0) is 9.59 Å². The molecule has 2 N–H and O–H groups in total. The predicted molar refractivity (Wildman–Crippen MR) is 101 cm³/mol. The highest BCUT2D eigenvalue weighted by Gasteiger charge is 2.46. The molecule has 162 valence electrons. The first kappa shape index (κ1) is 22.8. The Balaban J connectivity index is 1.99. The molecule has 1 aromatic rings. The van der Waals surface area contributed by atoms with Gasteiger partial charge in [0.25, 0.3) is 0 Å². The third-order valence-electron chi connectivity index (χ3n) is 4.89. The van der Waals surface area contributed by atoms with Crippen molar-refractivity contribution in [3.63, 3.8) is 0 Å². The van der Waals surface area contributed by atoms with Gasteiger partial charge in [0.15, 0.2) is 11.5 Å². The molecule has 0 bridgehead atoms. The summed E-state index contributed by atoms with van der Waals surface area (Å²) in [6, 6.07) is 2.88. The van der Waals surface area contributed by atoms with Gasteiger partial charge in [0.1, 0.15) is 12.0 Å². The Morgan fingerprint density at radius 2 is 2.03 bits per heavy atom. The van der Waals surface area contributed by atoms with Crippen LogP contribution in [-0.4, -0.2) is 37.7 Å². The summed E-state index contributed by atoms with van der Waals surface area (Å²) in [5.74, 6) is -1.54. The number of alkyl halides is 3. The second-order valence-corrected chi connectivity index (χ2v) is 7.08. The van der Waals surface area contributed by atoms with Crippen molar-refractivity contribution in [2.75, 3.05) is 13.7 Å². The number of ether oxygens (including phenoxy) is 2. The normalized spacial score (nSPS) is 20.6. The van der Waals surface area contributed by atoms with Crippen molar-refractivity contribution in [2.24, 2.45) is 5.92 Å². The lowest BCUT2D eigenvalue weighted by Crippen LogP contribution is -2.54. The quantitative estimate of drug-likeness (QED) is 0.502. The molecule has 2 rings (SSSR count). The minimum atomic E-state index is -4.51. The third-order valence-corrected chi connectivity index (χ3v) is 4.89. The number of piperidine rings is 1. The lowest BCUT2D eigenvalue weighted by Gasteiger charge is -2.30. The fourth-order valence-electron chi connectivity index (χ4n) is 3.10. The molecule has 1 aliphatic heterocycles. The van der Waals surface area contributed by atoms with E-state index in [1.165, 1.54) is 7.11 Å². The van der Waals surface area contributed by atoms with Gasteiger partial charge in [-0.3, -0.25) is 9.59 Å². The van der Waals surface area contributed by atoms with Crippen molar-refractivity contribution in [1.29, 1.82) is 0 Å². The number of rotatable bonds is 8. The highest BCUT2D eigenvalue weighted by atomic mass is 19.4. The van der Waals surface area contributed by atoms with Gasteiger partial charge in [-0.15, -0.1) is 0 Å². The number of benzene rings is 1. The van der Waals surface area contributed by atoms with E-state index in [1.807, 2.05) is 5.32 Å². The lowest BCUT2D eigenvalue weighted by molar-refractivity contribution is -0.171. The third kappa shape index (κ3) is 6.01. The second-order valence-electron chi connectivity index (χ2n) is 7.08. The first-order chi connectivity index (χ1) is 13.7. The number of nitrogens with one attached hydrogen (secondary N) is 2. The van der Waals surface area contributed by atoms with Crippen LogP contribution >= 0.6 is 0 Å². The van der Waals surface area contributed by atoms with E-state index >= 15 is 0 Å². The van der Waals surface area contributed by atoms with Crippen LogP contribution in [0.4, 0.5) is 13.2 Å². The number of halogens is 3. The first-order valence-corrected chi connectivity index (χ1v) is 9.65. The maximum absolute atomic E-state index is 12.7. The van der Waals surface area contributed by atoms with Crippen LogP contribution < -0.4 is 20.1 Å². The number of methoxy groups -OCH3 is 1. The number of amides is 2. The van der Waals surface area contributed by atoms with Gasteiger partial charge in [-0.25, -0.2) is 0 Å². The Morgan fingerprint density at radius 3 is 2.62 bits per heavy atom. The topological polar surface area (TPSA) is 76.7 Å². The van der Waals surface area contributed by atoms with Crippen molar-refractivity contribution < 1.29 is 32.2 Å². The molecule has 3 unspecified atom stereocenters. The standard InChI is InChI=1S/C20H27F3N2O4/c1-4-5-10-29-15-8-6-13(11-16(15)28-3)12(2)24-18(26)14-7-9-17(20(21,22)23)25-19(14)27/h6,8,11-12,14,17H,4-5,7,9-10H2,1-3H3,(H,24,26)(H,25,27). The predicted octanol–water partition coefficient (Wildman–Crippen LogP) is 3.51. The van der Waals surface area contributed by atoms with Crippen molar-refractivity contribution in [3.8, 4) is 11.5 Å². The smallest absolute Gasteiger partial charge is 0.408 e. The highest BCUT2D eigenvalue weighted by Crippen LogP contribution is 2.31. The Kier molecular flexibility index (Phi) is 7.75. The zero-order valence-electron chi connectivity index (χ0n) is 16.8. The maximum atomic E-state index is 12.7. The molecule has 0 spiro atoms. The molecule has 1 saturated heterocycles. The Bertz CT molecular complexity index is 724. The molecule has 1 heterocycles. The molecule has 3 atom stereocenters. The summed E-state index contributed by atoms with van der Waals surface area (Å²) >= 11 is 0. The van der Waals surface area contributed by atoms with Gasteiger partial charge in [-0.05, 0) is 43.9 Å². The van der Waals surface area contributed by atoms with E-state index < -0.39 is 36.0 Å². The first-order valence-electron chi connectivity index (χ1n) is 9.65. The molecule has 6 nitrogen and oxygen atoms in total. The van der Waals surface area contributed by atoms with E-state index in [0.29, 0.717) is 18.1 Å². The van der Waals surface area contributed by atoms with Crippen LogP contribution in [0.1, 0.15) is 51.1 Å². The molecule has 0 saturated carbocycles. The van der Waals surface area contributed by atoms with Crippen LogP contribution in [0, 0.1) is 5.92 Å². The summed E-state index contributed by atoms with van der Waals surface area (Å²) in [5, 5.41) is 4.58. The average Bonchev–Trinajstić information content (AvgIpc) is 2.67. The average molecular weight is 416 g/mol. The summed E-state index contributed by atoms with van der Waals surface area (Å²) in [4.78, 5) is 24.4. The largest absolute Gasteiger partial charge is 0.493 e. The number of carbonyl (C=O) groups is 2. The van der Waals surface area contributed by atoms with Crippen LogP contribution in [0.2, 0.25) is 0 Å². The summed E-state index contributed by atoms with van der Waals surface area (Å²) in [5.41, 5.74) is 0.724. The minimum Gasteiger partial charge on any atom is -0.493 e. The van der Waals surface area contributed by atoms with E-state index in [9.17, 15) is 22.8 Å². The van der Waals surface area contributed by atoms with E-state index in [-0.39, 0.29) is 12.8 Å². The van der Waals surface area contributed by atoms with Crippen LogP contribution in [0.3, 0.4) is 0 Å². The number of hydrogen-bond acceptors (Lipinski definition) is 4. The molecule has 2 amide bonds. The second kappa shape index (κ2) is 9.84. The number of unbranched alkanes of at least 4 members (excludes halogenated alkanes) is 1. The summed E-state index contributed by atoms with van der Waals surface area (Å²) < 4.78 is 49.2. The number of carbonyl (C=O) groups excluding carboxylic acids is 2. The molecule has 1 aliphatic rings. The maximum Gasteiger partial charge on any atom is 0.408 e. The van der Waals surface area contributed by atoms with E-state index in [2.05, 4.69) is 12.2 Å². The minimum absolute atomic E-state index is 0.151. The van der Waals surface area contributed by atoms with E-state index in [1.54, 1.807) is 25.1 Å². The summed E-state index contributed by atoms with van der Waals surface area (Å²) in [7, 11) is 1.51. The SMILES string of the molecule is CCCCOc1ccc(C(C)NC(=O)C2CCC(C(F)(F)F)NC2=O)cc1OC. The molecule has 0 aliphatic carbocycles. The van der Waals surface area contributed by atoms with Crippen LogP contribution in [0.25, 0.3) is 0 Å². The molecule has 0 radical (unpaired) electrons. The van der Waals surface area contributed by atoms with Crippen LogP contribution in [0.5, 0.6) is 11.5 Å². The van der Waals surface area contributed by atoms with Gasteiger partial charge in [-0.2, -0.15) is 13.2 Å². The zero-order valence-corrected chi connectivity index (χ0v) is 16.8. The monoisotopic (exact) mass is 416 g/mol. The lowest BCUT2D eigenvalue weighted by atomic mass is 9.92. The zero-order chi connectivity index (χ0) is 21.6. The Hall–Kier alpha value is -2.45. The fraction of sp³-hybridized carbons (Fsp3) is 0.600. The van der Waals surface area contributed by atoms with Crippen LogP contribution in [0.15, 0.2) is 18.2 Å². The van der Waals surface area contributed by atoms with Gasteiger partial charge >= 0.3 is 6.18 Å². The van der Waals surface area contributed by atoms with Crippen molar-refractivity contribution in [3.05, 3.63) is 23.8 Å². The molecule has 0 aromatic heterocycles. The number of hydrogen-bond donors (Lipinski definition) is 2. The highest BCUT2D eigenvalue weighted by molar-refractivity contribution is 6.01. The summed E-state index contributed by atoms with van der Waals surface area (Å²) in [6.45, 7) is 4.35. The Labute approximate surface area is 168 Å². The van der Waals surface area contributed by atoms with E-state index in [4.69, 9.17) is 9.47 Å². The van der Waals surface area contributed by atoms with E-state index in [0.717, 1.165) is 18.4 Å². The van der Waals surface area contributed by atoms with Gasteiger partial charge in [0.05, 0.1) is 19.8 Å².